The standard InChI is InChI=1S/C17H20N6O/c24-14-5-1-3-12(9-14)20-15-10-16(21-13-4-2-6-18-11-13)22-23-8-7-19-17(15)23/h1,3,5,7-10,13,18,20,24H,2,4,6,11H2,(H,21,22)/t13-/m0/s1. The summed E-state index contributed by atoms with van der Waals surface area (Å²) < 4.78 is 1.75. The molecule has 2 aromatic heterocycles. The van der Waals surface area contributed by atoms with E-state index in [0.717, 1.165) is 42.4 Å². The highest BCUT2D eigenvalue weighted by Gasteiger charge is 2.15. The molecule has 1 aromatic carbocycles. The molecule has 7 nitrogen and oxygen atoms in total. The molecule has 24 heavy (non-hydrogen) atoms. The van der Waals surface area contributed by atoms with Crippen molar-refractivity contribution in [1.29, 1.82) is 0 Å². The molecule has 3 aromatic rings. The summed E-state index contributed by atoms with van der Waals surface area (Å²) in [6.45, 7) is 2.02. The molecule has 1 aliphatic rings. The molecule has 1 fully saturated rings. The highest BCUT2D eigenvalue weighted by molar-refractivity contribution is 5.76. The van der Waals surface area contributed by atoms with Crippen LogP contribution in [0.15, 0.2) is 42.7 Å². The zero-order valence-electron chi connectivity index (χ0n) is 13.2. The van der Waals surface area contributed by atoms with Gasteiger partial charge in [0.1, 0.15) is 11.6 Å². The predicted octanol–water partition coefficient (Wildman–Crippen LogP) is 2.34. The first kappa shape index (κ1) is 14.8. The van der Waals surface area contributed by atoms with Gasteiger partial charge in [-0.05, 0) is 31.5 Å². The maximum Gasteiger partial charge on any atom is 0.177 e. The van der Waals surface area contributed by atoms with E-state index in [2.05, 4.69) is 26.0 Å². The molecule has 1 atom stereocenters. The van der Waals surface area contributed by atoms with Crippen LogP contribution in [0, 0.1) is 0 Å². The van der Waals surface area contributed by atoms with Crippen LogP contribution in [-0.4, -0.2) is 38.8 Å². The predicted molar refractivity (Wildman–Crippen MR) is 93.9 cm³/mol. The SMILES string of the molecule is Oc1cccc(Nc2cc(N[C@H]3CCCNC3)nn3ccnc23)c1. The molecule has 0 saturated carbocycles. The van der Waals surface area contributed by atoms with Gasteiger partial charge in [-0.1, -0.05) is 6.07 Å². The first-order valence-corrected chi connectivity index (χ1v) is 8.16. The number of fused-ring (bicyclic) bond motifs is 1. The summed E-state index contributed by atoms with van der Waals surface area (Å²) in [5.41, 5.74) is 2.38. The molecule has 1 saturated heterocycles. The lowest BCUT2D eigenvalue weighted by molar-refractivity contribution is 0.475. The van der Waals surface area contributed by atoms with Crippen LogP contribution < -0.4 is 16.0 Å². The summed E-state index contributed by atoms with van der Waals surface area (Å²) in [6.07, 6.45) is 5.85. The van der Waals surface area contributed by atoms with Gasteiger partial charge in [0.2, 0.25) is 0 Å². The Kier molecular flexibility index (Phi) is 3.92. The number of rotatable bonds is 4. The van der Waals surface area contributed by atoms with Crippen molar-refractivity contribution in [2.45, 2.75) is 18.9 Å². The van der Waals surface area contributed by atoms with Gasteiger partial charge in [0.15, 0.2) is 5.65 Å². The quantitative estimate of drug-likeness (QED) is 0.589. The third kappa shape index (κ3) is 3.11. The molecular weight excluding hydrogens is 304 g/mol. The highest BCUT2D eigenvalue weighted by Crippen LogP contribution is 2.25. The molecule has 0 unspecified atom stereocenters. The number of imidazole rings is 1. The largest absolute Gasteiger partial charge is 0.508 e. The number of hydrogen-bond donors (Lipinski definition) is 4. The highest BCUT2D eigenvalue weighted by atomic mass is 16.3. The number of aromatic nitrogens is 3. The summed E-state index contributed by atoms with van der Waals surface area (Å²) in [5.74, 6) is 1.02. The molecule has 0 amide bonds. The Morgan fingerprint density at radius 2 is 2.25 bits per heavy atom. The third-order valence-corrected chi connectivity index (χ3v) is 4.13. The van der Waals surface area contributed by atoms with E-state index in [1.165, 1.54) is 6.42 Å². The second-order valence-corrected chi connectivity index (χ2v) is 6.00. The number of aromatic hydroxyl groups is 1. The van der Waals surface area contributed by atoms with Crippen LogP contribution in [0.3, 0.4) is 0 Å². The van der Waals surface area contributed by atoms with Crippen LogP contribution in [0.4, 0.5) is 17.2 Å². The number of piperidine rings is 1. The van der Waals surface area contributed by atoms with E-state index in [-0.39, 0.29) is 5.75 Å². The molecule has 0 aliphatic carbocycles. The Morgan fingerprint density at radius 1 is 1.29 bits per heavy atom. The van der Waals surface area contributed by atoms with Gasteiger partial charge in [-0.25, -0.2) is 9.50 Å². The Morgan fingerprint density at radius 3 is 3.08 bits per heavy atom. The topological polar surface area (TPSA) is 86.5 Å². The van der Waals surface area contributed by atoms with Crippen LogP contribution in [-0.2, 0) is 0 Å². The number of nitrogens with one attached hydrogen (secondary N) is 3. The smallest absolute Gasteiger partial charge is 0.177 e. The number of phenols is 1. The van der Waals surface area contributed by atoms with Gasteiger partial charge in [0.05, 0.1) is 5.69 Å². The summed E-state index contributed by atoms with van der Waals surface area (Å²) in [6, 6.07) is 9.36. The lowest BCUT2D eigenvalue weighted by Gasteiger charge is -2.24. The molecule has 3 heterocycles. The first-order chi connectivity index (χ1) is 11.8. The lowest BCUT2D eigenvalue weighted by atomic mass is 10.1. The Labute approximate surface area is 139 Å². The van der Waals surface area contributed by atoms with Crippen molar-refractivity contribution in [1.82, 2.24) is 19.9 Å². The van der Waals surface area contributed by atoms with Gasteiger partial charge in [-0.2, -0.15) is 0 Å². The molecule has 124 valence electrons. The number of nitrogens with zero attached hydrogens (tertiary/aromatic N) is 3. The van der Waals surface area contributed by atoms with Crippen LogP contribution in [0.25, 0.3) is 5.65 Å². The van der Waals surface area contributed by atoms with E-state index >= 15 is 0 Å². The molecule has 4 N–H and O–H groups in total. The minimum Gasteiger partial charge on any atom is -0.508 e. The Bertz CT molecular complexity index is 840. The number of benzene rings is 1. The molecule has 7 heteroatoms. The maximum atomic E-state index is 9.64. The van der Waals surface area contributed by atoms with Crippen LogP contribution in [0.2, 0.25) is 0 Å². The summed E-state index contributed by atoms with van der Waals surface area (Å²) in [5, 5.41) is 24.4. The van der Waals surface area contributed by atoms with E-state index < -0.39 is 0 Å². The van der Waals surface area contributed by atoms with Crippen molar-refractivity contribution < 1.29 is 5.11 Å². The van der Waals surface area contributed by atoms with Gasteiger partial charge in [-0.15, -0.1) is 5.10 Å². The third-order valence-electron chi connectivity index (χ3n) is 4.13. The fourth-order valence-electron chi connectivity index (χ4n) is 3.00. The monoisotopic (exact) mass is 324 g/mol. The van der Waals surface area contributed by atoms with Crippen molar-refractivity contribution >= 4 is 22.8 Å². The molecular formula is C17H20N6O. The minimum atomic E-state index is 0.222. The zero-order valence-corrected chi connectivity index (χ0v) is 13.2. The zero-order chi connectivity index (χ0) is 16.4. The van der Waals surface area contributed by atoms with Crippen LogP contribution >= 0.6 is 0 Å². The molecule has 0 radical (unpaired) electrons. The average molecular weight is 324 g/mol. The normalized spacial score (nSPS) is 17.8. The minimum absolute atomic E-state index is 0.222. The van der Waals surface area contributed by atoms with Crippen molar-refractivity contribution in [3.8, 4) is 5.75 Å². The second kappa shape index (κ2) is 6.37. The molecule has 4 rings (SSSR count). The number of hydrogen-bond acceptors (Lipinski definition) is 6. The van der Waals surface area contributed by atoms with Crippen molar-refractivity contribution in [2.24, 2.45) is 0 Å². The molecule has 0 bridgehead atoms. The second-order valence-electron chi connectivity index (χ2n) is 6.00. The lowest BCUT2D eigenvalue weighted by Crippen LogP contribution is -2.38. The van der Waals surface area contributed by atoms with E-state index in [0.29, 0.717) is 6.04 Å². The Balaban J connectivity index is 1.64. The van der Waals surface area contributed by atoms with Crippen molar-refractivity contribution in [3.63, 3.8) is 0 Å². The van der Waals surface area contributed by atoms with Gasteiger partial charge in [-0.3, -0.25) is 0 Å². The molecule has 1 aliphatic heterocycles. The van der Waals surface area contributed by atoms with Gasteiger partial charge in [0, 0.05) is 42.8 Å². The van der Waals surface area contributed by atoms with E-state index in [4.69, 9.17) is 0 Å². The molecule has 0 spiro atoms. The van der Waals surface area contributed by atoms with E-state index in [9.17, 15) is 5.11 Å². The van der Waals surface area contributed by atoms with Gasteiger partial charge >= 0.3 is 0 Å². The van der Waals surface area contributed by atoms with E-state index in [1.807, 2.05) is 18.3 Å². The Hall–Kier alpha value is -2.80. The average Bonchev–Trinajstić information content (AvgIpc) is 3.05. The fourth-order valence-corrected chi connectivity index (χ4v) is 3.00. The van der Waals surface area contributed by atoms with E-state index in [1.54, 1.807) is 28.9 Å². The van der Waals surface area contributed by atoms with Gasteiger partial charge in [0.25, 0.3) is 0 Å². The van der Waals surface area contributed by atoms with Crippen molar-refractivity contribution in [3.05, 3.63) is 42.7 Å². The summed E-state index contributed by atoms with van der Waals surface area (Å²) >= 11 is 0. The first-order valence-electron chi connectivity index (χ1n) is 8.16. The maximum absolute atomic E-state index is 9.64. The van der Waals surface area contributed by atoms with Crippen molar-refractivity contribution in [2.75, 3.05) is 23.7 Å². The fraction of sp³-hybridized carbons (Fsp3) is 0.294. The number of phenolic OH excluding ortho intramolecular Hbond substituents is 1. The number of anilines is 3. The van der Waals surface area contributed by atoms with Gasteiger partial charge < -0.3 is 21.1 Å². The van der Waals surface area contributed by atoms with Crippen LogP contribution in [0.5, 0.6) is 5.75 Å². The van der Waals surface area contributed by atoms with Crippen LogP contribution in [0.1, 0.15) is 12.8 Å². The summed E-state index contributed by atoms with van der Waals surface area (Å²) in [4.78, 5) is 4.36. The summed E-state index contributed by atoms with van der Waals surface area (Å²) in [7, 11) is 0.